The first-order valence-corrected chi connectivity index (χ1v) is 9.71. The molecule has 3 aromatic carbocycles. The summed E-state index contributed by atoms with van der Waals surface area (Å²) in [4.78, 5) is 4.45. The van der Waals surface area contributed by atoms with Gasteiger partial charge in [-0.2, -0.15) is 0 Å². The van der Waals surface area contributed by atoms with Gasteiger partial charge in [0, 0.05) is 11.6 Å². The van der Waals surface area contributed by atoms with Crippen LogP contribution in [0.4, 0.5) is 0 Å². The molecule has 0 fully saturated rings. The highest BCUT2D eigenvalue weighted by atomic mass is 35.5. The third-order valence-corrected chi connectivity index (χ3v) is 5.46. The second kappa shape index (κ2) is 7.94. The molecule has 0 bridgehead atoms. The molecular weight excluding hydrogens is 425 g/mol. The molecule has 4 aromatic rings. The van der Waals surface area contributed by atoms with Gasteiger partial charge >= 0.3 is 0 Å². The highest BCUT2D eigenvalue weighted by Crippen LogP contribution is 2.42. The Morgan fingerprint density at radius 2 is 1.33 bits per heavy atom. The number of ether oxygens (including phenoxy) is 2. The van der Waals surface area contributed by atoms with Crippen LogP contribution >= 0.6 is 23.2 Å². The molecular formula is C23H17Cl2NO4. The first-order chi connectivity index (χ1) is 14.4. The molecule has 30 heavy (non-hydrogen) atoms. The van der Waals surface area contributed by atoms with Gasteiger partial charge in [0.2, 0.25) is 0 Å². The van der Waals surface area contributed by atoms with Gasteiger partial charge in [-0.3, -0.25) is 4.98 Å². The number of rotatable bonds is 4. The molecule has 0 saturated carbocycles. The van der Waals surface area contributed by atoms with E-state index in [1.54, 1.807) is 30.5 Å². The van der Waals surface area contributed by atoms with Crippen molar-refractivity contribution in [3.63, 3.8) is 0 Å². The molecule has 0 saturated heterocycles. The van der Waals surface area contributed by atoms with Crippen molar-refractivity contribution >= 4 is 34.1 Å². The van der Waals surface area contributed by atoms with Gasteiger partial charge in [-0.05, 0) is 64.7 Å². The summed E-state index contributed by atoms with van der Waals surface area (Å²) in [6.07, 6.45) is 1.71. The average molecular weight is 442 g/mol. The molecule has 4 rings (SSSR count). The van der Waals surface area contributed by atoms with E-state index in [4.69, 9.17) is 32.7 Å². The number of aromatic hydroxyl groups is 2. The average Bonchev–Trinajstić information content (AvgIpc) is 2.76. The fourth-order valence-corrected chi connectivity index (χ4v) is 3.78. The molecule has 1 heterocycles. The van der Waals surface area contributed by atoms with Crippen LogP contribution in [0.25, 0.3) is 33.2 Å². The Kier molecular flexibility index (Phi) is 5.33. The van der Waals surface area contributed by atoms with E-state index in [1.807, 2.05) is 24.3 Å². The van der Waals surface area contributed by atoms with Crippen LogP contribution in [0.5, 0.6) is 23.0 Å². The molecule has 0 unspecified atom stereocenters. The second-order valence-electron chi connectivity index (χ2n) is 6.61. The molecule has 0 aliphatic carbocycles. The lowest BCUT2D eigenvalue weighted by molar-refractivity contribution is 0.374. The zero-order valence-corrected chi connectivity index (χ0v) is 17.6. The number of hydrogen-bond donors (Lipinski definition) is 2. The maximum Gasteiger partial charge on any atom is 0.176 e. The second-order valence-corrected chi connectivity index (χ2v) is 7.42. The van der Waals surface area contributed by atoms with E-state index in [9.17, 15) is 10.2 Å². The summed E-state index contributed by atoms with van der Waals surface area (Å²) in [5.41, 5.74) is 4.09. The first-order valence-electron chi connectivity index (χ1n) is 8.95. The van der Waals surface area contributed by atoms with Crippen LogP contribution in [0.1, 0.15) is 0 Å². The van der Waals surface area contributed by atoms with Crippen LogP contribution < -0.4 is 9.47 Å². The van der Waals surface area contributed by atoms with E-state index >= 15 is 0 Å². The lowest BCUT2D eigenvalue weighted by Gasteiger charge is -2.13. The fraction of sp³-hybridized carbons (Fsp3) is 0.0870. The van der Waals surface area contributed by atoms with Crippen LogP contribution in [-0.4, -0.2) is 29.4 Å². The molecule has 0 aliphatic heterocycles. The van der Waals surface area contributed by atoms with E-state index in [1.165, 1.54) is 14.2 Å². The number of methoxy groups -OCH3 is 2. The van der Waals surface area contributed by atoms with Crippen LogP contribution in [0.3, 0.4) is 0 Å². The Bertz CT molecular complexity index is 1270. The third-order valence-electron chi connectivity index (χ3n) is 4.88. The molecule has 5 nitrogen and oxygen atoms in total. The van der Waals surface area contributed by atoms with Gasteiger partial charge < -0.3 is 19.7 Å². The van der Waals surface area contributed by atoms with Crippen molar-refractivity contribution in [2.24, 2.45) is 0 Å². The number of hydrogen-bond acceptors (Lipinski definition) is 5. The van der Waals surface area contributed by atoms with Gasteiger partial charge in [0.25, 0.3) is 0 Å². The molecule has 0 amide bonds. The summed E-state index contributed by atoms with van der Waals surface area (Å²) in [5.74, 6) is 0.373. The number of benzene rings is 3. The number of halogens is 2. The fourth-order valence-electron chi connectivity index (χ4n) is 3.36. The van der Waals surface area contributed by atoms with E-state index in [0.29, 0.717) is 5.75 Å². The summed E-state index contributed by atoms with van der Waals surface area (Å²) >= 11 is 12.4. The standard InChI is InChI=1S/C23H17Cl2NO4/c1-29-20-10-13(8-17(24)22(20)27)12-3-4-19-16(7-12)15(5-6-26-19)14-9-18(25)23(28)21(11-14)30-2/h3-11,27-28H,1-2H3. The Morgan fingerprint density at radius 3 is 1.97 bits per heavy atom. The van der Waals surface area contributed by atoms with Gasteiger partial charge in [-0.25, -0.2) is 0 Å². The highest BCUT2D eigenvalue weighted by molar-refractivity contribution is 6.33. The number of phenols is 2. The van der Waals surface area contributed by atoms with Gasteiger partial charge in [-0.15, -0.1) is 0 Å². The highest BCUT2D eigenvalue weighted by Gasteiger charge is 2.14. The zero-order chi connectivity index (χ0) is 21.4. The van der Waals surface area contributed by atoms with Gasteiger partial charge in [0.1, 0.15) is 0 Å². The predicted octanol–water partition coefficient (Wildman–Crippen LogP) is 6.30. The van der Waals surface area contributed by atoms with Gasteiger partial charge in [-0.1, -0.05) is 29.3 Å². The normalized spacial score (nSPS) is 10.9. The summed E-state index contributed by atoms with van der Waals surface area (Å²) in [5, 5.41) is 21.3. The van der Waals surface area contributed by atoms with Crippen molar-refractivity contribution in [2.75, 3.05) is 14.2 Å². The summed E-state index contributed by atoms with van der Waals surface area (Å²) < 4.78 is 10.5. The third kappa shape index (κ3) is 3.47. The van der Waals surface area contributed by atoms with E-state index in [0.717, 1.165) is 33.2 Å². The Hall–Kier alpha value is -3.15. The van der Waals surface area contributed by atoms with Crippen LogP contribution in [0, 0.1) is 0 Å². The largest absolute Gasteiger partial charge is 0.503 e. The molecule has 0 radical (unpaired) electrons. The van der Waals surface area contributed by atoms with E-state index < -0.39 is 0 Å². The van der Waals surface area contributed by atoms with Crippen molar-refractivity contribution in [1.29, 1.82) is 0 Å². The molecule has 1 aromatic heterocycles. The minimum atomic E-state index is -0.104. The Balaban J connectivity index is 1.93. The minimum absolute atomic E-state index is 0.100. The topological polar surface area (TPSA) is 71.8 Å². The Labute approximate surface area is 183 Å². The molecule has 152 valence electrons. The molecule has 0 aliphatic rings. The number of nitrogens with zero attached hydrogens (tertiary/aromatic N) is 1. The Morgan fingerprint density at radius 1 is 0.733 bits per heavy atom. The van der Waals surface area contributed by atoms with Gasteiger partial charge in [0.15, 0.2) is 23.0 Å². The van der Waals surface area contributed by atoms with Crippen molar-refractivity contribution < 1.29 is 19.7 Å². The van der Waals surface area contributed by atoms with Crippen molar-refractivity contribution in [3.8, 4) is 45.3 Å². The quantitative estimate of drug-likeness (QED) is 0.388. The minimum Gasteiger partial charge on any atom is -0.503 e. The predicted molar refractivity (Wildman–Crippen MR) is 119 cm³/mol. The van der Waals surface area contributed by atoms with Crippen molar-refractivity contribution in [1.82, 2.24) is 4.98 Å². The summed E-state index contributed by atoms with van der Waals surface area (Å²) in [7, 11) is 2.94. The SMILES string of the molecule is COc1cc(-c2ccc3nccc(-c4cc(Cl)c(O)c(OC)c4)c3c2)cc(Cl)c1O. The van der Waals surface area contributed by atoms with Crippen molar-refractivity contribution in [2.45, 2.75) is 0 Å². The maximum absolute atomic E-state index is 10.1. The lowest BCUT2D eigenvalue weighted by Crippen LogP contribution is -1.90. The molecule has 0 spiro atoms. The monoisotopic (exact) mass is 441 g/mol. The first kappa shape index (κ1) is 20.1. The van der Waals surface area contributed by atoms with E-state index in [2.05, 4.69) is 4.98 Å². The van der Waals surface area contributed by atoms with Crippen LogP contribution in [-0.2, 0) is 0 Å². The van der Waals surface area contributed by atoms with Crippen molar-refractivity contribution in [3.05, 3.63) is 64.8 Å². The summed E-state index contributed by atoms with van der Waals surface area (Å²) in [6.45, 7) is 0. The number of phenolic OH excluding ortho intramolecular Hbond substituents is 2. The zero-order valence-electron chi connectivity index (χ0n) is 16.1. The smallest absolute Gasteiger partial charge is 0.176 e. The maximum atomic E-state index is 10.1. The lowest BCUT2D eigenvalue weighted by atomic mass is 9.97. The number of pyridine rings is 1. The van der Waals surface area contributed by atoms with Crippen LogP contribution in [0.2, 0.25) is 10.0 Å². The molecule has 2 N–H and O–H groups in total. The molecule has 0 atom stereocenters. The van der Waals surface area contributed by atoms with Crippen LogP contribution in [0.15, 0.2) is 54.7 Å². The number of aromatic nitrogens is 1. The molecule has 7 heteroatoms. The summed E-state index contributed by atoms with van der Waals surface area (Å²) in [6, 6.07) is 14.5. The number of fused-ring (bicyclic) bond motifs is 1. The van der Waals surface area contributed by atoms with E-state index in [-0.39, 0.29) is 27.3 Å². The van der Waals surface area contributed by atoms with Gasteiger partial charge in [0.05, 0.1) is 29.8 Å².